The summed E-state index contributed by atoms with van der Waals surface area (Å²) in [5.41, 5.74) is -0.768. The Hall–Kier alpha value is -3.49. The number of rotatable bonds is 4. The van der Waals surface area contributed by atoms with E-state index in [0.717, 1.165) is 30.3 Å². The van der Waals surface area contributed by atoms with Gasteiger partial charge in [-0.2, -0.15) is 13.2 Å². The minimum atomic E-state index is -4.53. The fourth-order valence-corrected chi connectivity index (χ4v) is 2.73. The predicted octanol–water partition coefficient (Wildman–Crippen LogP) is 3.76. The third-order valence-electron chi connectivity index (χ3n) is 4.26. The minimum Gasteiger partial charge on any atom is -0.339 e. The summed E-state index contributed by atoms with van der Waals surface area (Å²) in [7, 11) is 0. The number of carbonyl (C=O) groups is 1. The lowest BCUT2D eigenvalue weighted by Crippen LogP contribution is -2.31. The van der Waals surface area contributed by atoms with Crippen LogP contribution in [0.2, 0.25) is 0 Å². The van der Waals surface area contributed by atoms with Crippen LogP contribution in [0.3, 0.4) is 0 Å². The molecule has 2 N–H and O–H groups in total. The molecule has 0 aliphatic heterocycles. The number of carbonyl (C=O) groups excluding carboxylic acids is 1. The van der Waals surface area contributed by atoms with Crippen molar-refractivity contribution in [3.8, 4) is 0 Å². The van der Waals surface area contributed by atoms with Gasteiger partial charge in [0, 0.05) is 18.0 Å². The molecule has 5 nitrogen and oxygen atoms in total. The molecule has 9 heteroatoms. The summed E-state index contributed by atoms with van der Waals surface area (Å²) < 4.78 is 52.8. The van der Waals surface area contributed by atoms with E-state index in [1.807, 2.05) is 0 Å². The lowest BCUT2D eigenvalue weighted by molar-refractivity contribution is -0.137. The van der Waals surface area contributed by atoms with Gasteiger partial charge in [-0.05, 0) is 42.8 Å². The van der Waals surface area contributed by atoms with Crippen LogP contribution in [-0.4, -0.2) is 15.9 Å². The van der Waals surface area contributed by atoms with Crippen LogP contribution in [-0.2, 0) is 6.18 Å². The van der Waals surface area contributed by atoms with Gasteiger partial charge in [-0.15, -0.1) is 0 Å². The molecule has 2 aromatic heterocycles. The number of nitrogens with one attached hydrogen (secondary N) is 2. The summed E-state index contributed by atoms with van der Waals surface area (Å²) in [5, 5.41) is 2.57. The number of H-pyrrole nitrogens is 1. The number of aryl methyl sites for hydroxylation is 1. The molecule has 150 valence electrons. The van der Waals surface area contributed by atoms with Crippen LogP contribution < -0.4 is 10.9 Å². The smallest absolute Gasteiger partial charge is 0.339 e. The number of nitrogens with zero attached hydrogens (tertiary/aromatic N) is 1. The van der Waals surface area contributed by atoms with Crippen LogP contribution in [0.5, 0.6) is 0 Å². The van der Waals surface area contributed by atoms with Crippen molar-refractivity contribution in [3.05, 3.63) is 99.0 Å². The van der Waals surface area contributed by atoms with Crippen LogP contribution in [0.15, 0.2) is 59.7 Å². The topological polar surface area (TPSA) is 74.8 Å². The van der Waals surface area contributed by atoms with Crippen molar-refractivity contribution in [2.45, 2.75) is 19.1 Å². The molecule has 0 saturated heterocycles. The number of pyridine rings is 2. The van der Waals surface area contributed by atoms with E-state index in [2.05, 4.69) is 15.3 Å². The SMILES string of the molecule is Cc1cc(C(=O)NC(c2ccc(C(F)(F)F)cc2)c2ncccc2F)c[nH]c1=O. The highest BCUT2D eigenvalue weighted by atomic mass is 19.4. The van der Waals surface area contributed by atoms with Crippen molar-refractivity contribution in [3.63, 3.8) is 0 Å². The standard InChI is InChI=1S/C20H15F4N3O2/c1-11-9-13(10-26-18(11)28)19(29)27-16(17-15(21)3-2-8-25-17)12-4-6-14(7-5-12)20(22,23)24/h2-10,16H,1H3,(H,26,28)(H,27,29). The van der Waals surface area contributed by atoms with E-state index >= 15 is 0 Å². The summed E-state index contributed by atoms with van der Waals surface area (Å²) in [6.45, 7) is 1.52. The first kappa shape index (κ1) is 20.2. The second-order valence-corrected chi connectivity index (χ2v) is 6.30. The molecule has 0 aliphatic rings. The van der Waals surface area contributed by atoms with Gasteiger partial charge < -0.3 is 10.3 Å². The van der Waals surface area contributed by atoms with Crippen molar-refractivity contribution in [1.82, 2.24) is 15.3 Å². The maximum atomic E-state index is 14.3. The highest BCUT2D eigenvalue weighted by molar-refractivity contribution is 5.94. The summed E-state index contributed by atoms with van der Waals surface area (Å²) in [4.78, 5) is 30.5. The first-order chi connectivity index (χ1) is 13.7. The molecule has 0 saturated carbocycles. The highest BCUT2D eigenvalue weighted by Crippen LogP contribution is 2.31. The Balaban J connectivity index is 2.00. The van der Waals surface area contributed by atoms with Gasteiger partial charge in [-0.1, -0.05) is 12.1 Å². The monoisotopic (exact) mass is 405 g/mol. The third-order valence-corrected chi connectivity index (χ3v) is 4.26. The van der Waals surface area contributed by atoms with Crippen molar-refractivity contribution in [2.75, 3.05) is 0 Å². The number of hydrogen-bond acceptors (Lipinski definition) is 3. The van der Waals surface area contributed by atoms with Gasteiger partial charge in [0.1, 0.15) is 11.5 Å². The van der Waals surface area contributed by atoms with Crippen molar-refractivity contribution >= 4 is 5.91 Å². The van der Waals surface area contributed by atoms with Crippen LogP contribution in [0.1, 0.15) is 38.8 Å². The Morgan fingerprint density at radius 1 is 1.17 bits per heavy atom. The van der Waals surface area contributed by atoms with Gasteiger partial charge >= 0.3 is 6.18 Å². The predicted molar refractivity (Wildman–Crippen MR) is 96.7 cm³/mol. The number of hydrogen-bond donors (Lipinski definition) is 2. The molecule has 3 aromatic rings. The number of benzene rings is 1. The maximum absolute atomic E-state index is 14.3. The van der Waals surface area contributed by atoms with Gasteiger partial charge in [0.25, 0.3) is 11.5 Å². The molecule has 0 fully saturated rings. The molecule has 1 atom stereocenters. The number of halogens is 4. The summed E-state index contributed by atoms with van der Waals surface area (Å²) in [6, 6.07) is 6.70. The van der Waals surface area contributed by atoms with E-state index < -0.39 is 29.5 Å². The summed E-state index contributed by atoms with van der Waals surface area (Å²) >= 11 is 0. The minimum absolute atomic E-state index is 0.107. The molecular weight excluding hydrogens is 390 g/mol. The number of aromatic nitrogens is 2. The number of amides is 1. The second kappa shape index (κ2) is 7.86. The van der Waals surface area contributed by atoms with Gasteiger partial charge in [0.15, 0.2) is 0 Å². The average Bonchev–Trinajstić information content (AvgIpc) is 2.68. The summed E-state index contributed by atoms with van der Waals surface area (Å²) in [6.07, 6.45) is -2.02. The van der Waals surface area contributed by atoms with E-state index in [0.29, 0.717) is 5.56 Å². The van der Waals surface area contributed by atoms with E-state index in [4.69, 9.17) is 0 Å². The Kier molecular flexibility index (Phi) is 5.49. The summed E-state index contributed by atoms with van der Waals surface area (Å²) in [5.74, 6) is -1.38. The third kappa shape index (κ3) is 4.50. The van der Waals surface area contributed by atoms with Crippen molar-refractivity contribution < 1.29 is 22.4 Å². The van der Waals surface area contributed by atoms with Crippen molar-refractivity contribution in [1.29, 1.82) is 0 Å². The average molecular weight is 405 g/mol. The fraction of sp³-hybridized carbons (Fsp3) is 0.150. The van der Waals surface area contributed by atoms with Gasteiger partial charge in [0.2, 0.25) is 0 Å². The second-order valence-electron chi connectivity index (χ2n) is 6.30. The molecule has 29 heavy (non-hydrogen) atoms. The largest absolute Gasteiger partial charge is 0.416 e. The molecule has 0 bridgehead atoms. The molecular formula is C20H15F4N3O2. The maximum Gasteiger partial charge on any atom is 0.416 e. The van der Waals surface area contributed by atoms with Crippen LogP contribution in [0, 0.1) is 12.7 Å². The molecule has 3 rings (SSSR count). The normalized spacial score (nSPS) is 12.4. The van der Waals surface area contributed by atoms with E-state index in [1.54, 1.807) is 0 Å². The molecule has 0 spiro atoms. The zero-order valence-corrected chi connectivity index (χ0v) is 15.0. The Morgan fingerprint density at radius 3 is 2.45 bits per heavy atom. The van der Waals surface area contributed by atoms with Gasteiger partial charge in [0.05, 0.1) is 17.2 Å². The molecule has 1 unspecified atom stereocenters. The molecule has 2 heterocycles. The Morgan fingerprint density at radius 2 is 1.86 bits per heavy atom. The fourth-order valence-electron chi connectivity index (χ4n) is 2.73. The zero-order chi connectivity index (χ0) is 21.2. The molecule has 1 amide bonds. The Bertz CT molecular complexity index is 1090. The molecule has 1 aromatic carbocycles. The first-order valence-electron chi connectivity index (χ1n) is 8.44. The van der Waals surface area contributed by atoms with E-state index in [-0.39, 0.29) is 22.4 Å². The lowest BCUT2D eigenvalue weighted by atomic mass is 10.00. The van der Waals surface area contributed by atoms with Gasteiger partial charge in [-0.25, -0.2) is 4.39 Å². The van der Waals surface area contributed by atoms with E-state index in [1.165, 1.54) is 31.5 Å². The quantitative estimate of drug-likeness (QED) is 0.649. The molecule has 0 radical (unpaired) electrons. The van der Waals surface area contributed by atoms with E-state index in [9.17, 15) is 27.2 Å². The van der Waals surface area contributed by atoms with Crippen LogP contribution >= 0.6 is 0 Å². The first-order valence-corrected chi connectivity index (χ1v) is 8.44. The van der Waals surface area contributed by atoms with Gasteiger partial charge in [-0.3, -0.25) is 14.6 Å². The van der Waals surface area contributed by atoms with Crippen LogP contribution in [0.4, 0.5) is 17.6 Å². The number of alkyl halides is 3. The number of aromatic amines is 1. The zero-order valence-electron chi connectivity index (χ0n) is 15.0. The lowest BCUT2D eigenvalue weighted by Gasteiger charge is -2.20. The highest BCUT2D eigenvalue weighted by Gasteiger charge is 2.31. The molecule has 0 aliphatic carbocycles. The van der Waals surface area contributed by atoms with Crippen molar-refractivity contribution in [2.24, 2.45) is 0 Å². The van der Waals surface area contributed by atoms with Crippen LogP contribution in [0.25, 0.3) is 0 Å². The Labute approximate surface area is 162 Å².